The maximum Gasteiger partial charge on any atom is 0.107 e. The molecule has 0 fully saturated rings. The number of thiocarbonyl (C=S) groups is 1. The maximum absolute atomic E-state index is 8.82. The molecule has 0 aliphatic carbocycles. The highest BCUT2D eigenvalue weighted by Crippen LogP contribution is 2.01. The molecule has 2 nitrogen and oxygen atoms in total. The van der Waals surface area contributed by atoms with E-state index >= 15 is 0 Å². The van der Waals surface area contributed by atoms with Crippen molar-refractivity contribution >= 4 is 17.1 Å². The number of rotatable bonds is 1. The molecule has 0 aromatic heterocycles. The molecule has 78 valence electrons. The first kappa shape index (κ1) is 12.0. The fourth-order valence-corrected chi connectivity index (χ4v) is 1.29. The Morgan fingerprint density at radius 1 is 1.31 bits per heavy atom. The third-order valence-electron chi connectivity index (χ3n) is 1.83. The van der Waals surface area contributed by atoms with Crippen LogP contribution in [0.4, 0.5) is 0 Å². The summed E-state index contributed by atoms with van der Waals surface area (Å²) in [6, 6.07) is 11.4. The highest BCUT2D eigenvalue weighted by atomic mass is 32.1. The van der Waals surface area contributed by atoms with Crippen LogP contribution in [-0.4, -0.2) is 4.86 Å². The zero-order chi connectivity index (χ0) is 12.0. The number of benzene rings is 1. The normalized spacial score (nSPS) is 10.5. The van der Waals surface area contributed by atoms with E-state index in [0.29, 0.717) is 5.70 Å². The van der Waals surface area contributed by atoms with Crippen molar-refractivity contribution in [3.05, 3.63) is 47.2 Å². The summed E-state index contributed by atoms with van der Waals surface area (Å²) in [6.45, 7) is 1.63. The van der Waals surface area contributed by atoms with E-state index in [1.54, 1.807) is 6.92 Å². The molecule has 0 bridgehead atoms. The van der Waals surface area contributed by atoms with Gasteiger partial charge in [-0.3, -0.25) is 0 Å². The summed E-state index contributed by atoms with van der Waals surface area (Å²) in [5.74, 6) is 5.63. The maximum atomic E-state index is 8.82. The summed E-state index contributed by atoms with van der Waals surface area (Å²) in [5.41, 5.74) is 7.05. The van der Waals surface area contributed by atoms with Gasteiger partial charge in [-0.25, -0.2) is 0 Å². The largest absolute Gasteiger partial charge is 0.401 e. The quantitative estimate of drug-likeness (QED) is 0.345. The molecule has 0 atom stereocenters. The van der Waals surface area contributed by atoms with Gasteiger partial charge in [0.15, 0.2) is 0 Å². The van der Waals surface area contributed by atoms with Crippen LogP contribution in [0.15, 0.2) is 41.6 Å². The SMILES string of the molecule is C/C(N)=C(\C#N)C(=S)C#Cc1ccccc1. The second-order valence-corrected chi connectivity index (χ2v) is 3.52. The van der Waals surface area contributed by atoms with E-state index in [9.17, 15) is 0 Å². The lowest BCUT2D eigenvalue weighted by molar-refractivity contribution is 1.29. The fourth-order valence-electron chi connectivity index (χ4n) is 1.03. The van der Waals surface area contributed by atoms with Crippen molar-refractivity contribution in [1.82, 2.24) is 0 Å². The molecular formula is C13H10N2S. The van der Waals surface area contributed by atoms with Gasteiger partial charge in [0.2, 0.25) is 0 Å². The number of nitrogens with zero attached hydrogens (tertiary/aromatic N) is 1. The van der Waals surface area contributed by atoms with E-state index in [1.165, 1.54) is 0 Å². The van der Waals surface area contributed by atoms with Gasteiger partial charge < -0.3 is 5.73 Å². The van der Waals surface area contributed by atoms with Crippen molar-refractivity contribution in [2.75, 3.05) is 0 Å². The first-order valence-corrected chi connectivity index (χ1v) is 5.04. The van der Waals surface area contributed by atoms with Crippen molar-refractivity contribution in [2.45, 2.75) is 6.92 Å². The molecule has 1 aromatic rings. The van der Waals surface area contributed by atoms with E-state index in [-0.39, 0.29) is 10.4 Å². The fraction of sp³-hybridized carbons (Fsp3) is 0.0769. The number of allylic oxidation sites excluding steroid dienone is 2. The lowest BCUT2D eigenvalue weighted by Crippen LogP contribution is -2.03. The van der Waals surface area contributed by atoms with Crippen LogP contribution < -0.4 is 5.73 Å². The summed E-state index contributed by atoms with van der Waals surface area (Å²) < 4.78 is 0. The van der Waals surface area contributed by atoms with Crippen LogP contribution in [-0.2, 0) is 0 Å². The molecule has 0 unspecified atom stereocenters. The van der Waals surface area contributed by atoms with Crippen LogP contribution in [0, 0.1) is 23.2 Å². The van der Waals surface area contributed by atoms with Crippen molar-refractivity contribution in [3.63, 3.8) is 0 Å². The average Bonchev–Trinajstić information content (AvgIpc) is 2.28. The van der Waals surface area contributed by atoms with Gasteiger partial charge in [-0.05, 0) is 25.0 Å². The zero-order valence-electron chi connectivity index (χ0n) is 8.82. The second kappa shape index (κ2) is 5.70. The Morgan fingerprint density at radius 3 is 2.44 bits per heavy atom. The Morgan fingerprint density at radius 2 is 1.94 bits per heavy atom. The van der Waals surface area contributed by atoms with Gasteiger partial charge in [-0.1, -0.05) is 36.3 Å². The van der Waals surface area contributed by atoms with Crippen LogP contribution in [0.1, 0.15) is 12.5 Å². The molecule has 16 heavy (non-hydrogen) atoms. The highest BCUT2D eigenvalue weighted by Gasteiger charge is 2.03. The standard InChI is InChI=1S/C13H10N2S/c1-10(15)12(9-14)13(16)8-7-11-5-3-2-4-6-11/h2-6H,15H2,1H3/b12-10-. The molecule has 1 rings (SSSR count). The van der Waals surface area contributed by atoms with E-state index < -0.39 is 0 Å². The third-order valence-corrected chi connectivity index (χ3v) is 2.13. The van der Waals surface area contributed by atoms with E-state index in [4.69, 9.17) is 23.2 Å². The molecular weight excluding hydrogens is 216 g/mol. The van der Waals surface area contributed by atoms with Crippen LogP contribution in [0.5, 0.6) is 0 Å². The van der Waals surface area contributed by atoms with Gasteiger partial charge in [0, 0.05) is 11.3 Å². The minimum atomic E-state index is 0.276. The van der Waals surface area contributed by atoms with E-state index in [2.05, 4.69) is 11.8 Å². The van der Waals surface area contributed by atoms with Crippen molar-refractivity contribution in [3.8, 4) is 17.9 Å². The molecule has 0 aliphatic heterocycles. The Balaban J connectivity index is 2.94. The number of hydrogen-bond donors (Lipinski definition) is 1. The molecule has 3 heteroatoms. The summed E-state index contributed by atoms with van der Waals surface area (Å²) in [7, 11) is 0. The molecule has 0 heterocycles. The second-order valence-electron chi connectivity index (χ2n) is 3.11. The van der Waals surface area contributed by atoms with E-state index in [1.807, 2.05) is 36.4 Å². The first-order valence-electron chi connectivity index (χ1n) is 4.63. The summed E-state index contributed by atoms with van der Waals surface area (Å²) in [5, 5.41) is 8.82. The Hall–Kier alpha value is -2.10. The van der Waals surface area contributed by atoms with E-state index in [0.717, 1.165) is 5.56 Å². The van der Waals surface area contributed by atoms with Crippen molar-refractivity contribution in [2.24, 2.45) is 5.73 Å². The van der Waals surface area contributed by atoms with Gasteiger partial charge in [0.25, 0.3) is 0 Å². The van der Waals surface area contributed by atoms with Crippen molar-refractivity contribution in [1.29, 1.82) is 5.26 Å². The summed E-state index contributed by atoms with van der Waals surface area (Å²) >= 11 is 5.02. The van der Waals surface area contributed by atoms with Crippen LogP contribution >= 0.6 is 12.2 Å². The van der Waals surface area contributed by atoms with Crippen LogP contribution in [0.25, 0.3) is 0 Å². The lowest BCUT2D eigenvalue weighted by atomic mass is 10.1. The number of nitrogens with two attached hydrogens (primary N) is 1. The van der Waals surface area contributed by atoms with Gasteiger partial charge in [0.05, 0.1) is 5.57 Å². The van der Waals surface area contributed by atoms with Crippen LogP contribution in [0.3, 0.4) is 0 Å². The van der Waals surface area contributed by atoms with Gasteiger partial charge in [-0.2, -0.15) is 5.26 Å². The molecule has 0 amide bonds. The third kappa shape index (κ3) is 3.24. The molecule has 0 spiro atoms. The Labute approximate surface area is 100 Å². The Bertz CT molecular complexity index is 521. The topological polar surface area (TPSA) is 49.8 Å². The van der Waals surface area contributed by atoms with Gasteiger partial charge >= 0.3 is 0 Å². The minimum absolute atomic E-state index is 0.276. The van der Waals surface area contributed by atoms with Gasteiger partial charge in [0.1, 0.15) is 10.9 Å². The first-order chi connectivity index (χ1) is 7.65. The van der Waals surface area contributed by atoms with Crippen LogP contribution in [0.2, 0.25) is 0 Å². The molecule has 2 N–H and O–H groups in total. The monoisotopic (exact) mass is 226 g/mol. The predicted octanol–water partition coefficient (Wildman–Crippen LogP) is 2.16. The predicted molar refractivity (Wildman–Crippen MR) is 68.4 cm³/mol. The highest BCUT2D eigenvalue weighted by molar-refractivity contribution is 7.81. The average molecular weight is 226 g/mol. The molecule has 0 saturated heterocycles. The molecule has 0 radical (unpaired) electrons. The molecule has 0 aliphatic rings. The molecule has 1 aromatic carbocycles. The smallest absolute Gasteiger partial charge is 0.107 e. The summed E-state index contributed by atoms with van der Waals surface area (Å²) in [4.78, 5) is 0.284. The van der Waals surface area contributed by atoms with Gasteiger partial charge in [-0.15, -0.1) is 0 Å². The lowest BCUT2D eigenvalue weighted by Gasteiger charge is -1.95. The molecule has 0 saturated carbocycles. The zero-order valence-corrected chi connectivity index (χ0v) is 9.64. The number of nitriles is 1. The Kier molecular flexibility index (Phi) is 4.27. The van der Waals surface area contributed by atoms with Crippen molar-refractivity contribution < 1.29 is 0 Å². The minimum Gasteiger partial charge on any atom is -0.401 e. The summed E-state index contributed by atoms with van der Waals surface area (Å²) in [6.07, 6.45) is 0. The number of hydrogen-bond acceptors (Lipinski definition) is 3.